The highest BCUT2D eigenvalue weighted by atomic mass is 32.2. The minimum Gasteiger partial charge on any atom is -0.452 e. The average molecular weight is 329 g/mol. The molecule has 0 bridgehead atoms. The van der Waals surface area contributed by atoms with Gasteiger partial charge in [-0.05, 0) is 24.3 Å². The second-order valence-corrected chi connectivity index (χ2v) is 6.32. The number of nitrogens with zero attached hydrogens (tertiary/aromatic N) is 3. The number of rotatable bonds is 3. The molecule has 1 aromatic carbocycles. The molecule has 6 nitrogen and oxygen atoms in total. The third-order valence-corrected chi connectivity index (χ3v) is 4.74. The molecule has 3 rings (SSSR count). The molecule has 0 aliphatic rings. The van der Waals surface area contributed by atoms with Gasteiger partial charge in [0.05, 0.1) is 29.0 Å². The normalized spacial score (nSPS) is 12.1. The number of imidazole rings is 1. The van der Waals surface area contributed by atoms with Crippen molar-refractivity contribution in [3.63, 3.8) is 0 Å². The van der Waals surface area contributed by atoms with E-state index in [0.717, 1.165) is 4.90 Å². The van der Waals surface area contributed by atoms with Gasteiger partial charge in [0.2, 0.25) is 0 Å². The molecule has 1 amide bonds. The zero-order valence-electron chi connectivity index (χ0n) is 12.7. The monoisotopic (exact) mass is 329 g/mol. The highest BCUT2D eigenvalue weighted by Gasteiger charge is 2.15. The first-order valence-electron chi connectivity index (χ1n) is 6.87. The van der Waals surface area contributed by atoms with E-state index in [4.69, 9.17) is 0 Å². The van der Waals surface area contributed by atoms with Gasteiger partial charge in [-0.25, -0.2) is 14.0 Å². The van der Waals surface area contributed by atoms with Crippen molar-refractivity contribution in [2.24, 2.45) is 0 Å². The molecule has 2 aromatic heterocycles. The van der Waals surface area contributed by atoms with E-state index in [1.165, 1.54) is 12.0 Å². The van der Waals surface area contributed by atoms with Crippen LogP contribution in [0.4, 0.5) is 10.6 Å². The van der Waals surface area contributed by atoms with Crippen LogP contribution < -0.4 is 4.90 Å². The van der Waals surface area contributed by atoms with Gasteiger partial charge in [0.1, 0.15) is 5.65 Å². The summed E-state index contributed by atoms with van der Waals surface area (Å²) < 4.78 is 19.0. The number of carbonyl (C=O) groups excluding carboxylic acids is 1. The third-order valence-electron chi connectivity index (χ3n) is 3.37. The molecule has 1 unspecified atom stereocenters. The van der Waals surface area contributed by atoms with Gasteiger partial charge in [0.15, 0.2) is 5.82 Å². The van der Waals surface area contributed by atoms with Crippen molar-refractivity contribution in [2.45, 2.75) is 9.79 Å². The predicted molar refractivity (Wildman–Crippen MR) is 87.1 cm³/mol. The van der Waals surface area contributed by atoms with Crippen LogP contribution in [0.2, 0.25) is 0 Å². The van der Waals surface area contributed by atoms with Crippen LogP contribution in [0, 0.1) is 0 Å². The number of carbonyl (C=O) groups is 1. The number of fused-ring (bicyclic) bond motifs is 1. The van der Waals surface area contributed by atoms with Gasteiger partial charge >= 0.3 is 6.09 Å². The highest BCUT2D eigenvalue weighted by molar-refractivity contribution is 7.85. The Bertz CT molecular complexity index is 877. The smallest absolute Gasteiger partial charge is 0.414 e. The van der Waals surface area contributed by atoms with Gasteiger partial charge in [0.25, 0.3) is 0 Å². The van der Waals surface area contributed by atoms with Gasteiger partial charge in [-0.3, -0.25) is 4.90 Å². The van der Waals surface area contributed by atoms with E-state index in [2.05, 4.69) is 9.72 Å². The number of methoxy groups -OCH3 is 1. The lowest BCUT2D eigenvalue weighted by Crippen LogP contribution is -2.26. The first-order valence-corrected chi connectivity index (χ1v) is 8.02. The molecule has 0 spiro atoms. The number of amides is 1. The second-order valence-electron chi connectivity index (χ2n) is 4.84. The molecule has 0 radical (unpaired) electrons. The number of hydrogen-bond acceptors (Lipinski definition) is 4. The van der Waals surface area contributed by atoms with Crippen LogP contribution in [0.1, 0.15) is 0 Å². The molecule has 0 saturated carbocycles. The van der Waals surface area contributed by atoms with Gasteiger partial charge in [0, 0.05) is 18.1 Å². The molecular weight excluding hydrogens is 314 g/mol. The standard InChI is InChI=1S/C16H15N3O3S/c1-18(16(20)22-2)15-11-19-10-13(8-9-14(19)17-15)23(21)12-6-4-3-5-7-12/h3-11H,1-2H3. The number of hydrogen-bond donors (Lipinski definition) is 0. The molecule has 1 atom stereocenters. The maximum Gasteiger partial charge on any atom is 0.414 e. The lowest BCUT2D eigenvalue weighted by Gasteiger charge is -2.10. The van der Waals surface area contributed by atoms with Crippen LogP contribution in [0.3, 0.4) is 0 Å². The summed E-state index contributed by atoms with van der Waals surface area (Å²) in [6.45, 7) is 0. The van der Waals surface area contributed by atoms with E-state index < -0.39 is 16.9 Å². The third kappa shape index (κ3) is 2.95. The van der Waals surface area contributed by atoms with Crippen LogP contribution in [0.15, 0.2) is 64.6 Å². The number of benzene rings is 1. The van der Waals surface area contributed by atoms with Gasteiger partial charge < -0.3 is 9.14 Å². The van der Waals surface area contributed by atoms with E-state index in [9.17, 15) is 9.00 Å². The van der Waals surface area contributed by atoms with Gasteiger partial charge in [-0.15, -0.1) is 0 Å². The number of anilines is 1. The Morgan fingerprint density at radius 1 is 1.13 bits per heavy atom. The maximum absolute atomic E-state index is 12.6. The van der Waals surface area contributed by atoms with Crippen molar-refractivity contribution in [1.29, 1.82) is 0 Å². The first kappa shape index (κ1) is 15.2. The molecule has 7 heteroatoms. The SMILES string of the molecule is COC(=O)N(C)c1cn2cc(S(=O)c3ccccc3)ccc2n1. The molecule has 23 heavy (non-hydrogen) atoms. The van der Waals surface area contributed by atoms with Crippen LogP contribution in [0.5, 0.6) is 0 Å². The summed E-state index contributed by atoms with van der Waals surface area (Å²) in [6.07, 6.45) is 2.94. The van der Waals surface area contributed by atoms with Crippen molar-refractivity contribution in [3.05, 3.63) is 54.9 Å². The summed E-state index contributed by atoms with van der Waals surface area (Å²) in [5, 5.41) is 0. The summed E-state index contributed by atoms with van der Waals surface area (Å²) >= 11 is 0. The molecule has 118 valence electrons. The van der Waals surface area contributed by atoms with E-state index in [1.807, 2.05) is 30.3 Å². The maximum atomic E-state index is 12.6. The molecule has 0 aliphatic carbocycles. The lowest BCUT2D eigenvalue weighted by atomic mass is 10.4. The van der Waals surface area contributed by atoms with Crippen molar-refractivity contribution in [3.8, 4) is 0 Å². The van der Waals surface area contributed by atoms with Gasteiger partial charge in [-0.1, -0.05) is 18.2 Å². The van der Waals surface area contributed by atoms with E-state index >= 15 is 0 Å². The van der Waals surface area contributed by atoms with Crippen molar-refractivity contribution < 1.29 is 13.7 Å². The second kappa shape index (κ2) is 6.21. The fourth-order valence-corrected chi connectivity index (χ4v) is 3.22. The molecule has 0 aliphatic heterocycles. The molecular formula is C16H15N3O3S. The fraction of sp³-hybridized carbons (Fsp3) is 0.125. The first-order chi connectivity index (χ1) is 11.1. The number of pyridine rings is 1. The largest absolute Gasteiger partial charge is 0.452 e. The molecule has 0 saturated heterocycles. The Morgan fingerprint density at radius 3 is 2.57 bits per heavy atom. The Balaban J connectivity index is 1.96. The van der Waals surface area contributed by atoms with Gasteiger partial charge in [-0.2, -0.15) is 0 Å². The Kier molecular flexibility index (Phi) is 4.12. The quantitative estimate of drug-likeness (QED) is 0.741. The van der Waals surface area contributed by atoms with Crippen molar-refractivity contribution in [2.75, 3.05) is 19.1 Å². The predicted octanol–water partition coefficient (Wildman–Crippen LogP) is 2.70. The highest BCUT2D eigenvalue weighted by Crippen LogP contribution is 2.19. The average Bonchev–Trinajstić information content (AvgIpc) is 3.03. The topological polar surface area (TPSA) is 63.9 Å². The molecule has 0 fully saturated rings. The molecule has 2 heterocycles. The minimum atomic E-state index is -1.27. The Morgan fingerprint density at radius 2 is 1.87 bits per heavy atom. The summed E-state index contributed by atoms with van der Waals surface area (Å²) in [7, 11) is 1.63. The van der Waals surface area contributed by atoms with Crippen LogP contribution in [-0.4, -0.2) is 33.8 Å². The summed E-state index contributed by atoms with van der Waals surface area (Å²) in [5.74, 6) is 0.458. The number of aromatic nitrogens is 2. The fourth-order valence-electron chi connectivity index (χ4n) is 2.14. The van der Waals surface area contributed by atoms with Crippen LogP contribution in [0.25, 0.3) is 5.65 Å². The molecule has 3 aromatic rings. The van der Waals surface area contributed by atoms with E-state index in [1.54, 1.807) is 36.0 Å². The minimum absolute atomic E-state index is 0.458. The molecule has 0 N–H and O–H groups in total. The lowest BCUT2D eigenvalue weighted by molar-refractivity contribution is 0.180. The van der Waals surface area contributed by atoms with E-state index in [-0.39, 0.29) is 0 Å². The number of ether oxygens (including phenoxy) is 1. The zero-order valence-corrected chi connectivity index (χ0v) is 13.5. The zero-order chi connectivity index (χ0) is 16.4. The summed E-state index contributed by atoms with van der Waals surface area (Å²) in [4.78, 5) is 18.6. The van der Waals surface area contributed by atoms with E-state index in [0.29, 0.717) is 16.4 Å². The Hall–Kier alpha value is -2.67. The summed E-state index contributed by atoms with van der Waals surface area (Å²) in [5.41, 5.74) is 0.657. The van der Waals surface area contributed by atoms with Crippen LogP contribution in [-0.2, 0) is 15.5 Å². The van der Waals surface area contributed by atoms with Crippen LogP contribution >= 0.6 is 0 Å². The Labute approximate surface area is 135 Å². The summed E-state index contributed by atoms with van der Waals surface area (Å²) in [6, 6.07) is 12.8. The van der Waals surface area contributed by atoms with Crippen molar-refractivity contribution >= 4 is 28.4 Å². The van der Waals surface area contributed by atoms with Crippen molar-refractivity contribution in [1.82, 2.24) is 9.38 Å².